The zero-order valence-electron chi connectivity index (χ0n) is 8.94. The Morgan fingerprint density at radius 1 is 1.47 bits per heavy atom. The lowest BCUT2D eigenvalue weighted by atomic mass is 10.2. The summed E-state index contributed by atoms with van der Waals surface area (Å²) in [4.78, 5) is 8.01. The van der Waals surface area contributed by atoms with Crippen molar-refractivity contribution in [2.45, 2.75) is 18.7 Å². The molecular weight excluding hydrogens is 235 g/mol. The molecule has 0 amide bonds. The third-order valence-corrected chi connectivity index (χ3v) is 2.47. The first-order chi connectivity index (χ1) is 7.89. The lowest BCUT2D eigenvalue weighted by molar-refractivity contribution is -0.203. The van der Waals surface area contributed by atoms with Gasteiger partial charge in [-0.2, -0.15) is 13.2 Å². The van der Waals surface area contributed by atoms with E-state index in [0.29, 0.717) is 11.2 Å². The van der Waals surface area contributed by atoms with E-state index in [0.717, 1.165) is 0 Å². The van der Waals surface area contributed by atoms with Crippen molar-refractivity contribution in [2.24, 2.45) is 7.05 Å². The number of aliphatic hydroxyl groups excluding tert-OH is 1. The van der Waals surface area contributed by atoms with Crippen molar-refractivity contribution in [2.75, 3.05) is 0 Å². The Balaban J connectivity index is 2.34. The SMILES string of the molecule is Cn1c(CC(O)C(F)(F)F)nc2cccnc21. The van der Waals surface area contributed by atoms with Gasteiger partial charge in [-0.3, -0.25) is 0 Å². The van der Waals surface area contributed by atoms with Crippen LogP contribution in [-0.2, 0) is 13.5 Å². The number of nitrogens with zero attached hydrogens (tertiary/aromatic N) is 3. The van der Waals surface area contributed by atoms with E-state index in [2.05, 4.69) is 9.97 Å². The molecule has 1 N–H and O–H groups in total. The Morgan fingerprint density at radius 3 is 2.76 bits per heavy atom. The van der Waals surface area contributed by atoms with Gasteiger partial charge in [-0.15, -0.1) is 0 Å². The van der Waals surface area contributed by atoms with Crippen molar-refractivity contribution in [3.63, 3.8) is 0 Å². The van der Waals surface area contributed by atoms with Crippen LogP contribution in [0.3, 0.4) is 0 Å². The van der Waals surface area contributed by atoms with Gasteiger partial charge >= 0.3 is 6.18 Å². The lowest BCUT2D eigenvalue weighted by Crippen LogP contribution is -2.31. The molecule has 0 aliphatic carbocycles. The number of rotatable bonds is 2. The number of hydrogen-bond acceptors (Lipinski definition) is 3. The highest BCUT2D eigenvalue weighted by atomic mass is 19.4. The molecule has 2 aromatic heterocycles. The van der Waals surface area contributed by atoms with Crippen LogP contribution in [0.5, 0.6) is 0 Å². The lowest BCUT2D eigenvalue weighted by Gasteiger charge is -2.13. The molecule has 0 aromatic carbocycles. The summed E-state index contributed by atoms with van der Waals surface area (Å²) in [6.07, 6.45) is -6.08. The van der Waals surface area contributed by atoms with Crippen LogP contribution in [0.25, 0.3) is 11.2 Å². The maximum absolute atomic E-state index is 12.2. The van der Waals surface area contributed by atoms with Crippen LogP contribution in [-0.4, -0.2) is 31.9 Å². The Labute approximate surface area is 94.7 Å². The van der Waals surface area contributed by atoms with Crippen LogP contribution in [0.2, 0.25) is 0 Å². The van der Waals surface area contributed by atoms with Crippen molar-refractivity contribution in [3.05, 3.63) is 24.2 Å². The van der Waals surface area contributed by atoms with Crippen LogP contribution in [0, 0.1) is 0 Å². The summed E-state index contributed by atoms with van der Waals surface area (Å²) in [5, 5.41) is 8.99. The van der Waals surface area contributed by atoms with Crippen molar-refractivity contribution in [3.8, 4) is 0 Å². The Kier molecular flexibility index (Phi) is 2.78. The van der Waals surface area contributed by atoms with Crippen LogP contribution < -0.4 is 0 Å². The smallest absolute Gasteiger partial charge is 0.383 e. The minimum atomic E-state index is -4.63. The molecular formula is C10H10F3N3O. The van der Waals surface area contributed by atoms with E-state index >= 15 is 0 Å². The standard InChI is InChI=1S/C10H10F3N3O/c1-16-8(5-7(17)10(11,12)13)15-6-3-2-4-14-9(6)16/h2-4,7,17H,5H2,1H3. The fourth-order valence-electron chi connectivity index (χ4n) is 1.54. The van der Waals surface area contributed by atoms with E-state index in [-0.39, 0.29) is 5.82 Å². The number of aromatic nitrogens is 3. The number of aliphatic hydroxyl groups is 1. The van der Waals surface area contributed by atoms with Gasteiger partial charge in [-0.1, -0.05) is 0 Å². The molecule has 0 aliphatic heterocycles. The first-order valence-electron chi connectivity index (χ1n) is 4.90. The van der Waals surface area contributed by atoms with Crippen LogP contribution in [0.4, 0.5) is 13.2 Å². The molecule has 2 rings (SSSR count). The number of fused-ring (bicyclic) bond motifs is 1. The van der Waals surface area contributed by atoms with Gasteiger partial charge in [0.15, 0.2) is 11.8 Å². The number of halogens is 3. The van der Waals surface area contributed by atoms with E-state index in [1.807, 2.05) is 0 Å². The molecule has 17 heavy (non-hydrogen) atoms. The molecule has 0 radical (unpaired) electrons. The Morgan fingerprint density at radius 2 is 2.18 bits per heavy atom. The number of hydrogen-bond donors (Lipinski definition) is 1. The monoisotopic (exact) mass is 245 g/mol. The minimum Gasteiger partial charge on any atom is -0.383 e. The van der Waals surface area contributed by atoms with Gasteiger partial charge in [-0.25, -0.2) is 9.97 Å². The molecule has 0 saturated heterocycles. The molecule has 92 valence electrons. The normalized spacial score (nSPS) is 14.2. The zero-order chi connectivity index (χ0) is 12.6. The molecule has 2 aromatic rings. The molecule has 0 fully saturated rings. The highest BCUT2D eigenvalue weighted by Crippen LogP contribution is 2.23. The molecule has 7 heteroatoms. The second-order valence-electron chi connectivity index (χ2n) is 3.69. The van der Waals surface area contributed by atoms with E-state index < -0.39 is 18.7 Å². The van der Waals surface area contributed by atoms with Gasteiger partial charge in [0.25, 0.3) is 0 Å². The fourth-order valence-corrected chi connectivity index (χ4v) is 1.54. The number of imidazole rings is 1. The maximum atomic E-state index is 12.2. The third-order valence-electron chi connectivity index (χ3n) is 2.47. The van der Waals surface area contributed by atoms with Gasteiger partial charge in [0.1, 0.15) is 11.3 Å². The highest BCUT2D eigenvalue weighted by Gasteiger charge is 2.39. The summed E-state index contributed by atoms with van der Waals surface area (Å²) < 4.78 is 38.1. The number of aryl methyl sites for hydroxylation is 1. The highest BCUT2D eigenvalue weighted by molar-refractivity contribution is 5.70. The quantitative estimate of drug-likeness (QED) is 0.870. The van der Waals surface area contributed by atoms with E-state index in [9.17, 15) is 13.2 Å². The van der Waals surface area contributed by atoms with E-state index in [1.54, 1.807) is 19.2 Å². The molecule has 4 nitrogen and oxygen atoms in total. The van der Waals surface area contributed by atoms with Gasteiger partial charge in [0.05, 0.1) is 0 Å². The van der Waals surface area contributed by atoms with Crippen molar-refractivity contribution < 1.29 is 18.3 Å². The van der Waals surface area contributed by atoms with Gasteiger partial charge < -0.3 is 9.67 Å². The largest absolute Gasteiger partial charge is 0.414 e. The topological polar surface area (TPSA) is 50.9 Å². The summed E-state index contributed by atoms with van der Waals surface area (Å²) in [5.74, 6) is 0.156. The number of pyridine rings is 1. The van der Waals surface area contributed by atoms with E-state index in [4.69, 9.17) is 5.11 Å². The molecule has 0 bridgehead atoms. The maximum Gasteiger partial charge on any atom is 0.414 e. The van der Waals surface area contributed by atoms with Crippen LogP contribution in [0.15, 0.2) is 18.3 Å². The van der Waals surface area contributed by atoms with Gasteiger partial charge in [0, 0.05) is 19.7 Å². The molecule has 2 heterocycles. The average Bonchev–Trinajstić information content (AvgIpc) is 2.55. The van der Waals surface area contributed by atoms with Gasteiger partial charge in [0.2, 0.25) is 0 Å². The summed E-state index contributed by atoms with van der Waals surface area (Å²) in [5.41, 5.74) is 1.01. The summed E-state index contributed by atoms with van der Waals surface area (Å²) >= 11 is 0. The summed E-state index contributed by atoms with van der Waals surface area (Å²) in [6.45, 7) is 0. The van der Waals surface area contributed by atoms with Crippen molar-refractivity contribution in [1.82, 2.24) is 14.5 Å². The molecule has 1 atom stereocenters. The van der Waals surface area contributed by atoms with Crippen molar-refractivity contribution in [1.29, 1.82) is 0 Å². The second kappa shape index (κ2) is 3.99. The van der Waals surface area contributed by atoms with Crippen LogP contribution in [0.1, 0.15) is 5.82 Å². The second-order valence-corrected chi connectivity index (χ2v) is 3.69. The molecule has 0 aliphatic rings. The summed E-state index contributed by atoms with van der Waals surface area (Å²) in [7, 11) is 1.57. The average molecular weight is 245 g/mol. The van der Waals surface area contributed by atoms with E-state index in [1.165, 1.54) is 10.8 Å². The predicted molar refractivity (Wildman–Crippen MR) is 54.3 cm³/mol. The number of alkyl halides is 3. The summed E-state index contributed by atoms with van der Waals surface area (Å²) in [6, 6.07) is 3.31. The third kappa shape index (κ3) is 2.23. The van der Waals surface area contributed by atoms with Gasteiger partial charge in [-0.05, 0) is 12.1 Å². The Hall–Kier alpha value is -1.63. The first kappa shape index (κ1) is 11.8. The molecule has 0 spiro atoms. The zero-order valence-corrected chi connectivity index (χ0v) is 8.94. The first-order valence-corrected chi connectivity index (χ1v) is 4.90. The fraction of sp³-hybridized carbons (Fsp3) is 0.400. The Bertz CT molecular complexity index is 535. The van der Waals surface area contributed by atoms with Crippen molar-refractivity contribution >= 4 is 11.2 Å². The predicted octanol–water partition coefficient (Wildman–Crippen LogP) is 1.43. The van der Waals surface area contributed by atoms with Crippen LogP contribution >= 0.6 is 0 Å². The molecule has 1 unspecified atom stereocenters. The molecule has 0 saturated carbocycles. The minimum absolute atomic E-state index is 0.156.